The largest absolute Gasteiger partial charge is 0.468 e. The van der Waals surface area contributed by atoms with Crippen LogP contribution in [0.3, 0.4) is 0 Å². The molecule has 0 fully saturated rings. The second-order valence-corrected chi connectivity index (χ2v) is 5.44. The number of aryl methyl sites for hydroxylation is 1. The highest BCUT2D eigenvalue weighted by Crippen LogP contribution is 2.24. The zero-order valence-electron chi connectivity index (χ0n) is 10.4. The van der Waals surface area contributed by atoms with Crippen molar-refractivity contribution in [1.29, 1.82) is 0 Å². The number of hydrogen-bond acceptors (Lipinski definition) is 4. The van der Waals surface area contributed by atoms with Gasteiger partial charge in [0.05, 0.1) is 18.3 Å². The first kappa shape index (κ1) is 12.3. The third-order valence-corrected chi connectivity index (χ3v) is 3.85. The van der Waals surface area contributed by atoms with Gasteiger partial charge in [-0.25, -0.2) is 4.98 Å². The molecular formula is C13H18N2OS. The lowest BCUT2D eigenvalue weighted by atomic mass is 10.1. The minimum atomic E-state index is 0.253. The molecule has 0 amide bonds. The van der Waals surface area contributed by atoms with Crippen LogP contribution in [0.5, 0.6) is 0 Å². The molecule has 0 radical (unpaired) electrons. The van der Waals surface area contributed by atoms with Crippen LogP contribution in [0, 0.1) is 6.92 Å². The standard InChI is InChI=1S/C13H18N2OS/c1-4-11(12-6-5-7-16-12)15-10(3)13-14-8-9(2)17-13/h5-8,10-11,15H,4H2,1-3H3. The first-order valence-electron chi connectivity index (χ1n) is 5.92. The van der Waals surface area contributed by atoms with Crippen LogP contribution in [-0.2, 0) is 0 Å². The topological polar surface area (TPSA) is 38.1 Å². The zero-order chi connectivity index (χ0) is 12.3. The highest BCUT2D eigenvalue weighted by atomic mass is 32.1. The Balaban J connectivity index is 2.04. The first-order valence-corrected chi connectivity index (χ1v) is 6.74. The lowest BCUT2D eigenvalue weighted by molar-refractivity contribution is 0.376. The summed E-state index contributed by atoms with van der Waals surface area (Å²) in [5.74, 6) is 0.993. The summed E-state index contributed by atoms with van der Waals surface area (Å²) in [5.41, 5.74) is 0. The number of thiazole rings is 1. The Morgan fingerprint density at radius 2 is 2.35 bits per heavy atom. The Hall–Kier alpha value is -1.13. The van der Waals surface area contributed by atoms with Gasteiger partial charge >= 0.3 is 0 Å². The Kier molecular flexibility index (Phi) is 3.97. The Bertz CT molecular complexity index is 450. The number of nitrogens with zero attached hydrogens (tertiary/aromatic N) is 1. The van der Waals surface area contributed by atoms with Crippen LogP contribution in [0.2, 0.25) is 0 Å². The van der Waals surface area contributed by atoms with Crippen LogP contribution in [0.1, 0.15) is 48.0 Å². The van der Waals surface area contributed by atoms with E-state index in [4.69, 9.17) is 4.42 Å². The summed E-state index contributed by atoms with van der Waals surface area (Å²) >= 11 is 1.74. The van der Waals surface area contributed by atoms with Crippen molar-refractivity contribution in [3.63, 3.8) is 0 Å². The molecule has 92 valence electrons. The maximum absolute atomic E-state index is 5.45. The van der Waals surface area contributed by atoms with Crippen molar-refractivity contribution in [1.82, 2.24) is 10.3 Å². The van der Waals surface area contributed by atoms with Crippen molar-refractivity contribution in [2.24, 2.45) is 0 Å². The van der Waals surface area contributed by atoms with E-state index in [0.717, 1.165) is 17.2 Å². The fourth-order valence-electron chi connectivity index (χ4n) is 1.84. The number of nitrogens with one attached hydrogen (secondary N) is 1. The van der Waals surface area contributed by atoms with Gasteiger partial charge in [0.15, 0.2) is 0 Å². The monoisotopic (exact) mass is 250 g/mol. The molecule has 2 aromatic heterocycles. The second kappa shape index (κ2) is 5.47. The fourth-order valence-corrected chi connectivity index (χ4v) is 2.62. The van der Waals surface area contributed by atoms with Crippen molar-refractivity contribution in [3.05, 3.63) is 40.2 Å². The van der Waals surface area contributed by atoms with Gasteiger partial charge in [-0.2, -0.15) is 0 Å². The molecule has 0 saturated heterocycles. The van der Waals surface area contributed by atoms with Gasteiger partial charge in [-0.15, -0.1) is 11.3 Å². The van der Waals surface area contributed by atoms with Gasteiger partial charge in [0.25, 0.3) is 0 Å². The van der Waals surface area contributed by atoms with Crippen LogP contribution < -0.4 is 5.32 Å². The van der Waals surface area contributed by atoms with Crippen molar-refractivity contribution >= 4 is 11.3 Å². The Morgan fingerprint density at radius 1 is 1.53 bits per heavy atom. The maximum atomic E-state index is 5.45. The van der Waals surface area contributed by atoms with Crippen LogP contribution in [0.4, 0.5) is 0 Å². The average Bonchev–Trinajstić information content (AvgIpc) is 2.96. The molecule has 0 bridgehead atoms. The van der Waals surface area contributed by atoms with Gasteiger partial charge in [0.2, 0.25) is 0 Å². The minimum Gasteiger partial charge on any atom is -0.468 e. The molecule has 2 aromatic rings. The van der Waals surface area contributed by atoms with E-state index in [1.165, 1.54) is 4.88 Å². The van der Waals surface area contributed by atoms with Crippen molar-refractivity contribution < 1.29 is 4.42 Å². The van der Waals surface area contributed by atoms with E-state index in [9.17, 15) is 0 Å². The summed E-state index contributed by atoms with van der Waals surface area (Å²) in [6, 6.07) is 4.45. The molecule has 17 heavy (non-hydrogen) atoms. The molecule has 3 nitrogen and oxygen atoms in total. The van der Waals surface area contributed by atoms with Crippen molar-refractivity contribution in [3.8, 4) is 0 Å². The summed E-state index contributed by atoms with van der Waals surface area (Å²) in [5, 5.41) is 4.68. The molecule has 2 rings (SSSR count). The number of aromatic nitrogens is 1. The van der Waals surface area contributed by atoms with E-state index in [1.54, 1.807) is 17.6 Å². The molecule has 2 atom stereocenters. The molecule has 0 aliphatic heterocycles. The molecule has 4 heteroatoms. The smallest absolute Gasteiger partial charge is 0.120 e. The van der Waals surface area contributed by atoms with E-state index >= 15 is 0 Å². The lowest BCUT2D eigenvalue weighted by Gasteiger charge is -2.19. The third-order valence-electron chi connectivity index (χ3n) is 2.76. The summed E-state index contributed by atoms with van der Waals surface area (Å²) < 4.78 is 5.45. The molecule has 0 aliphatic carbocycles. The van der Waals surface area contributed by atoms with E-state index in [1.807, 2.05) is 18.3 Å². The average molecular weight is 250 g/mol. The SMILES string of the molecule is CCC(NC(C)c1ncc(C)s1)c1ccco1. The van der Waals surface area contributed by atoms with Crippen molar-refractivity contribution in [2.45, 2.75) is 39.3 Å². The Morgan fingerprint density at radius 3 is 2.88 bits per heavy atom. The summed E-state index contributed by atoms with van der Waals surface area (Å²) in [6.07, 6.45) is 4.64. The summed E-state index contributed by atoms with van der Waals surface area (Å²) in [6.45, 7) is 6.38. The molecule has 0 spiro atoms. The Labute approximate surface area is 106 Å². The fraction of sp³-hybridized carbons (Fsp3) is 0.462. The maximum Gasteiger partial charge on any atom is 0.120 e. The predicted octanol–water partition coefficient (Wildman–Crippen LogP) is 3.85. The van der Waals surface area contributed by atoms with E-state index in [-0.39, 0.29) is 12.1 Å². The predicted molar refractivity (Wildman–Crippen MR) is 70.1 cm³/mol. The van der Waals surface area contributed by atoms with Crippen LogP contribution in [0.15, 0.2) is 29.0 Å². The molecule has 0 saturated carbocycles. The van der Waals surface area contributed by atoms with Gasteiger partial charge in [-0.3, -0.25) is 5.32 Å². The molecule has 2 heterocycles. The van der Waals surface area contributed by atoms with Gasteiger partial charge < -0.3 is 4.42 Å². The molecule has 2 unspecified atom stereocenters. The van der Waals surface area contributed by atoms with E-state index < -0.39 is 0 Å². The molecule has 0 aliphatic rings. The van der Waals surface area contributed by atoms with E-state index in [2.05, 4.69) is 31.1 Å². The zero-order valence-corrected chi connectivity index (χ0v) is 11.3. The molecule has 1 N–H and O–H groups in total. The van der Waals surface area contributed by atoms with Crippen LogP contribution >= 0.6 is 11.3 Å². The van der Waals surface area contributed by atoms with Crippen LogP contribution in [-0.4, -0.2) is 4.98 Å². The normalized spacial score (nSPS) is 14.8. The molecular weight excluding hydrogens is 232 g/mol. The summed E-state index contributed by atoms with van der Waals surface area (Å²) in [7, 11) is 0. The van der Waals surface area contributed by atoms with Gasteiger partial charge in [-0.1, -0.05) is 6.92 Å². The van der Waals surface area contributed by atoms with Gasteiger partial charge in [0, 0.05) is 11.1 Å². The highest BCUT2D eigenvalue weighted by molar-refractivity contribution is 7.11. The van der Waals surface area contributed by atoms with E-state index in [0.29, 0.717) is 0 Å². The number of rotatable bonds is 5. The van der Waals surface area contributed by atoms with Crippen LogP contribution in [0.25, 0.3) is 0 Å². The minimum absolute atomic E-state index is 0.253. The third kappa shape index (κ3) is 2.96. The number of hydrogen-bond donors (Lipinski definition) is 1. The second-order valence-electron chi connectivity index (χ2n) is 4.17. The summed E-state index contributed by atoms with van der Waals surface area (Å²) in [4.78, 5) is 5.66. The van der Waals surface area contributed by atoms with Crippen molar-refractivity contribution in [2.75, 3.05) is 0 Å². The molecule has 0 aromatic carbocycles. The first-order chi connectivity index (χ1) is 8.20. The highest BCUT2D eigenvalue weighted by Gasteiger charge is 2.17. The lowest BCUT2D eigenvalue weighted by Crippen LogP contribution is -2.23. The van der Waals surface area contributed by atoms with Gasteiger partial charge in [-0.05, 0) is 32.4 Å². The quantitative estimate of drug-likeness (QED) is 0.876. The number of furan rings is 1. The van der Waals surface area contributed by atoms with Gasteiger partial charge in [0.1, 0.15) is 10.8 Å².